The minimum Gasteiger partial charge on any atom is -0.481 e. The lowest BCUT2D eigenvalue weighted by Crippen LogP contribution is -2.34. The minimum atomic E-state index is -0.282. The lowest BCUT2D eigenvalue weighted by atomic mass is 10.0. The molecule has 0 aliphatic carbocycles. The second kappa shape index (κ2) is 8.14. The number of likely N-dealkylation sites (N-methyl/N-ethyl adjacent to an activating group) is 1. The molecule has 27 heavy (non-hydrogen) atoms. The summed E-state index contributed by atoms with van der Waals surface area (Å²) in [4.78, 5) is 19.2. The summed E-state index contributed by atoms with van der Waals surface area (Å²) < 4.78 is 18.4. The Balaban J connectivity index is 1.84. The van der Waals surface area contributed by atoms with E-state index in [1.807, 2.05) is 43.3 Å². The third kappa shape index (κ3) is 4.23. The van der Waals surface area contributed by atoms with E-state index in [1.54, 1.807) is 18.2 Å². The molecular formula is C21H22FN3O2. The number of hydrogen-bond donors (Lipinski definition) is 1. The van der Waals surface area contributed by atoms with Crippen molar-refractivity contribution < 1.29 is 13.9 Å². The monoisotopic (exact) mass is 367 g/mol. The average molecular weight is 367 g/mol. The fourth-order valence-electron chi connectivity index (χ4n) is 3.01. The highest BCUT2D eigenvalue weighted by molar-refractivity contribution is 6.06. The summed E-state index contributed by atoms with van der Waals surface area (Å²) >= 11 is 0. The number of carbonyl (C=O) groups excluding carboxylic acids is 1. The molecule has 0 spiro atoms. The van der Waals surface area contributed by atoms with E-state index in [-0.39, 0.29) is 17.8 Å². The molecule has 6 heteroatoms. The summed E-state index contributed by atoms with van der Waals surface area (Å²) in [5.41, 5.74) is 2.14. The van der Waals surface area contributed by atoms with E-state index in [4.69, 9.17) is 4.74 Å². The van der Waals surface area contributed by atoms with E-state index in [9.17, 15) is 9.18 Å². The highest BCUT2D eigenvalue weighted by Gasteiger charge is 2.18. The SMILES string of the molecule is COc1cc(C(=O)NC[C@@H](c2ccc(F)cc2)N(C)C)c2ccccc2n1. The number of nitrogens with one attached hydrogen (secondary N) is 1. The van der Waals surface area contributed by atoms with Crippen LogP contribution < -0.4 is 10.1 Å². The van der Waals surface area contributed by atoms with Crippen molar-refractivity contribution in [2.45, 2.75) is 6.04 Å². The van der Waals surface area contributed by atoms with Crippen LogP contribution in [-0.4, -0.2) is 43.5 Å². The van der Waals surface area contributed by atoms with Gasteiger partial charge in [-0.1, -0.05) is 30.3 Å². The van der Waals surface area contributed by atoms with Crippen molar-refractivity contribution >= 4 is 16.8 Å². The summed E-state index contributed by atoms with van der Waals surface area (Å²) in [7, 11) is 5.37. The van der Waals surface area contributed by atoms with Crippen LogP contribution in [0.5, 0.6) is 5.88 Å². The van der Waals surface area contributed by atoms with Crippen molar-refractivity contribution in [3.05, 3.63) is 71.5 Å². The van der Waals surface area contributed by atoms with Crippen LogP contribution in [0.25, 0.3) is 10.9 Å². The Hall–Kier alpha value is -2.99. The van der Waals surface area contributed by atoms with Gasteiger partial charge in [-0.3, -0.25) is 4.79 Å². The molecule has 5 nitrogen and oxygen atoms in total. The number of pyridine rings is 1. The van der Waals surface area contributed by atoms with Crippen molar-refractivity contribution in [2.24, 2.45) is 0 Å². The Morgan fingerprint density at radius 2 is 1.89 bits per heavy atom. The first kappa shape index (κ1) is 18.8. The fraction of sp³-hybridized carbons (Fsp3) is 0.238. The van der Waals surface area contributed by atoms with E-state index in [0.29, 0.717) is 23.5 Å². The molecule has 0 fully saturated rings. The molecule has 1 atom stereocenters. The van der Waals surface area contributed by atoms with Crippen molar-refractivity contribution in [1.82, 2.24) is 15.2 Å². The van der Waals surface area contributed by atoms with E-state index in [2.05, 4.69) is 10.3 Å². The van der Waals surface area contributed by atoms with Gasteiger partial charge in [-0.25, -0.2) is 9.37 Å². The summed E-state index contributed by atoms with van der Waals surface area (Å²) in [6, 6.07) is 15.3. The fourth-order valence-corrected chi connectivity index (χ4v) is 3.01. The number of rotatable bonds is 6. The van der Waals surface area contributed by atoms with Gasteiger partial charge < -0.3 is 15.0 Å². The highest BCUT2D eigenvalue weighted by Crippen LogP contribution is 2.23. The van der Waals surface area contributed by atoms with Crippen LogP contribution in [0.3, 0.4) is 0 Å². The number of benzene rings is 2. The Labute approximate surface area is 157 Å². The Morgan fingerprint density at radius 3 is 2.56 bits per heavy atom. The number of nitrogens with zero attached hydrogens (tertiary/aromatic N) is 2. The smallest absolute Gasteiger partial charge is 0.252 e. The van der Waals surface area contributed by atoms with Crippen LogP contribution in [0.1, 0.15) is 22.0 Å². The van der Waals surface area contributed by atoms with Crippen LogP contribution in [0.15, 0.2) is 54.6 Å². The van der Waals surface area contributed by atoms with Gasteiger partial charge >= 0.3 is 0 Å². The van der Waals surface area contributed by atoms with E-state index >= 15 is 0 Å². The molecule has 0 saturated heterocycles. The van der Waals surface area contributed by atoms with Crippen LogP contribution in [-0.2, 0) is 0 Å². The minimum absolute atomic E-state index is 0.0791. The van der Waals surface area contributed by atoms with Crippen molar-refractivity contribution in [2.75, 3.05) is 27.7 Å². The van der Waals surface area contributed by atoms with Crippen molar-refractivity contribution in [1.29, 1.82) is 0 Å². The Bertz CT molecular complexity index is 942. The Kier molecular flexibility index (Phi) is 5.66. The third-order valence-corrected chi connectivity index (χ3v) is 4.48. The number of methoxy groups -OCH3 is 1. The van der Waals surface area contributed by atoms with Crippen LogP contribution >= 0.6 is 0 Å². The predicted octanol–water partition coefficient (Wildman–Crippen LogP) is 3.42. The molecule has 0 unspecified atom stereocenters. The number of carbonyl (C=O) groups is 1. The summed E-state index contributed by atoms with van der Waals surface area (Å²) in [5.74, 6) is -0.0990. The molecule has 0 aliphatic heterocycles. The molecule has 1 heterocycles. The maximum Gasteiger partial charge on any atom is 0.252 e. The molecule has 140 valence electrons. The average Bonchev–Trinajstić information content (AvgIpc) is 2.68. The number of fused-ring (bicyclic) bond motifs is 1. The molecule has 1 aromatic heterocycles. The number of ether oxygens (including phenoxy) is 1. The second-order valence-corrected chi connectivity index (χ2v) is 6.47. The summed E-state index contributed by atoms with van der Waals surface area (Å²) in [5, 5.41) is 3.74. The van der Waals surface area contributed by atoms with Gasteiger partial charge in [0.05, 0.1) is 24.2 Å². The molecule has 0 bridgehead atoms. The second-order valence-electron chi connectivity index (χ2n) is 6.47. The van der Waals surface area contributed by atoms with Crippen LogP contribution in [0, 0.1) is 5.82 Å². The molecular weight excluding hydrogens is 345 g/mol. The van der Waals surface area contributed by atoms with E-state index in [1.165, 1.54) is 19.2 Å². The van der Waals surface area contributed by atoms with E-state index in [0.717, 1.165) is 10.9 Å². The van der Waals surface area contributed by atoms with Crippen molar-refractivity contribution in [3.8, 4) is 5.88 Å². The molecule has 0 radical (unpaired) electrons. The van der Waals surface area contributed by atoms with E-state index < -0.39 is 0 Å². The lowest BCUT2D eigenvalue weighted by molar-refractivity contribution is 0.0943. The predicted molar refractivity (Wildman–Crippen MR) is 103 cm³/mol. The first-order chi connectivity index (χ1) is 13.0. The largest absolute Gasteiger partial charge is 0.481 e. The zero-order valence-corrected chi connectivity index (χ0v) is 15.6. The standard InChI is InChI=1S/C21H22FN3O2/c1-25(2)19(14-8-10-15(22)11-9-14)13-23-21(26)17-12-20(27-3)24-18-7-5-4-6-16(17)18/h4-12,19H,13H2,1-3H3,(H,23,26)/t19-/m0/s1. The van der Waals surface area contributed by atoms with Gasteiger partial charge in [0, 0.05) is 18.0 Å². The number of hydrogen-bond acceptors (Lipinski definition) is 4. The van der Waals surface area contributed by atoms with Gasteiger partial charge in [-0.05, 0) is 37.9 Å². The number of halogens is 1. The molecule has 0 saturated carbocycles. The quantitative estimate of drug-likeness (QED) is 0.725. The van der Waals surface area contributed by atoms with Crippen LogP contribution in [0.4, 0.5) is 4.39 Å². The highest BCUT2D eigenvalue weighted by atomic mass is 19.1. The topological polar surface area (TPSA) is 54.5 Å². The molecule has 1 N–H and O–H groups in total. The third-order valence-electron chi connectivity index (χ3n) is 4.48. The van der Waals surface area contributed by atoms with Gasteiger partial charge in [-0.2, -0.15) is 0 Å². The number of para-hydroxylation sites is 1. The zero-order chi connectivity index (χ0) is 19.4. The molecule has 2 aromatic carbocycles. The number of aromatic nitrogens is 1. The summed E-state index contributed by atoms with van der Waals surface area (Å²) in [6.45, 7) is 0.385. The maximum absolute atomic E-state index is 13.2. The lowest BCUT2D eigenvalue weighted by Gasteiger charge is -2.25. The van der Waals surface area contributed by atoms with Crippen molar-refractivity contribution in [3.63, 3.8) is 0 Å². The van der Waals surface area contributed by atoms with Gasteiger partial charge in [0.15, 0.2) is 0 Å². The molecule has 1 amide bonds. The van der Waals surface area contributed by atoms with Gasteiger partial charge in [0.2, 0.25) is 5.88 Å². The normalized spacial score (nSPS) is 12.2. The molecule has 0 aliphatic rings. The van der Waals surface area contributed by atoms with Gasteiger partial charge in [-0.15, -0.1) is 0 Å². The summed E-state index contributed by atoms with van der Waals surface area (Å²) in [6.07, 6.45) is 0. The number of amides is 1. The van der Waals surface area contributed by atoms with Gasteiger partial charge in [0.1, 0.15) is 5.82 Å². The molecule has 3 aromatic rings. The molecule has 3 rings (SSSR count). The van der Waals surface area contributed by atoms with Gasteiger partial charge in [0.25, 0.3) is 5.91 Å². The maximum atomic E-state index is 13.2. The van der Waals surface area contributed by atoms with Crippen LogP contribution in [0.2, 0.25) is 0 Å². The zero-order valence-electron chi connectivity index (χ0n) is 15.6. The first-order valence-electron chi connectivity index (χ1n) is 8.63. The Morgan fingerprint density at radius 1 is 1.19 bits per heavy atom. The first-order valence-corrected chi connectivity index (χ1v) is 8.63.